The second kappa shape index (κ2) is 1.95. The average molecular weight is 150 g/mol. The van der Waals surface area contributed by atoms with Gasteiger partial charge in [-0.25, -0.2) is 4.98 Å². The second-order valence-electron chi connectivity index (χ2n) is 2.29. The van der Waals surface area contributed by atoms with Gasteiger partial charge in [-0.15, -0.1) is 0 Å². The number of H-pyrrole nitrogens is 1. The highest BCUT2D eigenvalue weighted by atomic mass is 16.3. The van der Waals surface area contributed by atoms with E-state index in [1.807, 2.05) is 0 Å². The summed E-state index contributed by atoms with van der Waals surface area (Å²) in [7, 11) is 0. The summed E-state index contributed by atoms with van der Waals surface area (Å²) >= 11 is 0. The largest absolute Gasteiger partial charge is 0.457 e. The molecule has 4 nitrogen and oxygen atoms in total. The Morgan fingerprint density at radius 3 is 3.27 bits per heavy atom. The minimum atomic E-state index is -0.225. The maximum absolute atomic E-state index is 11.1. The fourth-order valence-electron chi connectivity index (χ4n) is 0.990. The lowest BCUT2D eigenvalue weighted by Crippen LogP contribution is -2.07. The van der Waals surface area contributed by atoms with Gasteiger partial charge in [0.25, 0.3) is 5.56 Å². The molecule has 0 radical (unpaired) electrons. The first-order valence-electron chi connectivity index (χ1n) is 3.21. The summed E-state index contributed by atoms with van der Waals surface area (Å²) in [5.41, 5.74) is 0.666. The van der Waals surface area contributed by atoms with Gasteiger partial charge in [-0.05, 0) is 6.92 Å². The predicted molar refractivity (Wildman–Crippen MR) is 39.4 cm³/mol. The molecule has 0 saturated heterocycles. The van der Waals surface area contributed by atoms with Crippen LogP contribution in [-0.2, 0) is 0 Å². The summed E-state index contributed by atoms with van der Waals surface area (Å²) < 4.78 is 4.90. The molecule has 0 amide bonds. The molecule has 11 heavy (non-hydrogen) atoms. The third-order valence-electron chi connectivity index (χ3n) is 1.43. The lowest BCUT2D eigenvalue weighted by atomic mass is 10.4. The molecule has 0 bridgehead atoms. The Bertz CT molecular complexity index is 441. The van der Waals surface area contributed by atoms with Gasteiger partial charge in [-0.3, -0.25) is 4.79 Å². The number of rotatable bonds is 0. The summed E-state index contributed by atoms with van der Waals surface area (Å²) in [6.07, 6.45) is 1.45. The number of furan rings is 1. The summed E-state index contributed by atoms with van der Waals surface area (Å²) in [5, 5.41) is 0. The summed E-state index contributed by atoms with van der Waals surface area (Å²) in [6.45, 7) is 1.73. The number of nitrogens with zero attached hydrogens (tertiary/aromatic N) is 1. The van der Waals surface area contributed by atoms with Gasteiger partial charge in [0.15, 0.2) is 0 Å². The number of aryl methyl sites for hydroxylation is 1. The molecule has 2 aromatic rings. The third kappa shape index (κ3) is 0.832. The molecular weight excluding hydrogens is 144 g/mol. The molecule has 2 rings (SSSR count). The van der Waals surface area contributed by atoms with Crippen molar-refractivity contribution in [3.05, 3.63) is 28.5 Å². The lowest BCUT2D eigenvalue weighted by Gasteiger charge is -1.89. The summed E-state index contributed by atoms with van der Waals surface area (Å²) in [5.74, 6) is 0.601. The molecule has 0 fully saturated rings. The fourth-order valence-corrected chi connectivity index (χ4v) is 0.990. The Morgan fingerprint density at radius 2 is 2.45 bits per heavy atom. The number of aromatic nitrogens is 2. The van der Waals surface area contributed by atoms with Crippen molar-refractivity contribution in [2.24, 2.45) is 0 Å². The molecule has 0 aliphatic rings. The predicted octanol–water partition coefficient (Wildman–Crippen LogP) is 0.825. The van der Waals surface area contributed by atoms with E-state index in [1.165, 1.54) is 6.26 Å². The minimum Gasteiger partial charge on any atom is -0.457 e. The van der Waals surface area contributed by atoms with Gasteiger partial charge in [-0.2, -0.15) is 0 Å². The van der Waals surface area contributed by atoms with Crippen LogP contribution >= 0.6 is 0 Å². The standard InChI is InChI=1S/C7H6N2O2/c1-4-8-5-2-3-11-6(5)7(10)9-4/h2-3H,1H3,(H,8,9,10). The van der Waals surface area contributed by atoms with Gasteiger partial charge >= 0.3 is 0 Å². The SMILES string of the molecule is Cc1nc2ccoc2c(=O)[nH]1. The lowest BCUT2D eigenvalue weighted by molar-refractivity contribution is 0.609. The molecule has 56 valence electrons. The summed E-state index contributed by atoms with van der Waals surface area (Å²) in [4.78, 5) is 17.7. The second-order valence-corrected chi connectivity index (χ2v) is 2.29. The molecule has 4 heteroatoms. The van der Waals surface area contributed by atoms with Crippen LogP contribution in [0.1, 0.15) is 5.82 Å². The van der Waals surface area contributed by atoms with Crippen molar-refractivity contribution >= 4 is 11.1 Å². The van der Waals surface area contributed by atoms with Gasteiger partial charge in [-0.1, -0.05) is 0 Å². The highest BCUT2D eigenvalue weighted by Crippen LogP contribution is 2.05. The molecule has 0 saturated carbocycles. The zero-order valence-electron chi connectivity index (χ0n) is 5.92. The quantitative estimate of drug-likeness (QED) is 0.604. The number of hydrogen-bond donors (Lipinski definition) is 1. The third-order valence-corrected chi connectivity index (χ3v) is 1.43. The Morgan fingerprint density at radius 1 is 1.64 bits per heavy atom. The number of aromatic amines is 1. The highest BCUT2D eigenvalue weighted by Gasteiger charge is 2.02. The highest BCUT2D eigenvalue weighted by molar-refractivity contribution is 5.70. The van der Waals surface area contributed by atoms with Crippen LogP contribution in [0, 0.1) is 6.92 Å². The van der Waals surface area contributed by atoms with Crippen molar-refractivity contribution in [2.75, 3.05) is 0 Å². The van der Waals surface area contributed by atoms with Crippen LogP contribution < -0.4 is 5.56 Å². The van der Waals surface area contributed by atoms with Crippen LogP contribution in [0.4, 0.5) is 0 Å². The van der Waals surface area contributed by atoms with Crippen LogP contribution in [-0.4, -0.2) is 9.97 Å². The normalized spacial score (nSPS) is 10.6. The van der Waals surface area contributed by atoms with E-state index in [-0.39, 0.29) is 11.1 Å². The van der Waals surface area contributed by atoms with Crippen molar-refractivity contribution in [3.8, 4) is 0 Å². The molecule has 1 N–H and O–H groups in total. The monoisotopic (exact) mass is 150 g/mol. The van der Waals surface area contributed by atoms with Gasteiger partial charge < -0.3 is 9.40 Å². The van der Waals surface area contributed by atoms with E-state index in [0.29, 0.717) is 11.3 Å². The van der Waals surface area contributed by atoms with Gasteiger partial charge in [0, 0.05) is 6.07 Å². The molecule has 2 aromatic heterocycles. The van der Waals surface area contributed by atoms with Crippen molar-refractivity contribution in [2.45, 2.75) is 6.92 Å². The number of nitrogens with one attached hydrogen (secondary N) is 1. The molecule has 0 aliphatic heterocycles. The van der Waals surface area contributed by atoms with E-state index in [1.54, 1.807) is 13.0 Å². The van der Waals surface area contributed by atoms with E-state index in [4.69, 9.17) is 4.42 Å². The molecular formula is C7H6N2O2. The first kappa shape index (κ1) is 6.15. The van der Waals surface area contributed by atoms with E-state index < -0.39 is 0 Å². The maximum atomic E-state index is 11.1. The summed E-state index contributed by atoms with van der Waals surface area (Å²) in [6, 6.07) is 1.66. The fraction of sp³-hybridized carbons (Fsp3) is 0.143. The maximum Gasteiger partial charge on any atom is 0.294 e. The average Bonchev–Trinajstić information content (AvgIpc) is 2.34. The minimum absolute atomic E-state index is 0.225. The molecule has 0 atom stereocenters. The van der Waals surface area contributed by atoms with Crippen LogP contribution in [0.15, 0.2) is 21.5 Å². The number of hydrogen-bond acceptors (Lipinski definition) is 3. The first-order valence-corrected chi connectivity index (χ1v) is 3.21. The zero-order chi connectivity index (χ0) is 7.84. The van der Waals surface area contributed by atoms with Crippen LogP contribution in [0.5, 0.6) is 0 Å². The molecule has 0 aliphatic carbocycles. The molecule has 0 spiro atoms. The van der Waals surface area contributed by atoms with E-state index in [9.17, 15) is 4.79 Å². The van der Waals surface area contributed by atoms with Gasteiger partial charge in [0.2, 0.25) is 5.58 Å². The Kier molecular flexibility index (Phi) is 1.09. The Labute approximate surface area is 61.9 Å². The van der Waals surface area contributed by atoms with E-state index in [0.717, 1.165) is 0 Å². The van der Waals surface area contributed by atoms with Crippen molar-refractivity contribution < 1.29 is 4.42 Å². The van der Waals surface area contributed by atoms with Crippen molar-refractivity contribution in [3.63, 3.8) is 0 Å². The van der Waals surface area contributed by atoms with Crippen molar-refractivity contribution in [1.29, 1.82) is 0 Å². The van der Waals surface area contributed by atoms with Crippen LogP contribution in [0.25, 0.3) is 11.1 Å². The van der Waals surface area contributed by atoms with Crippen molar-refractivity contribution in [1.82, 2.24) is 9.97 Å². The smallest absolute Gasteiger partial charge is 0.294 e. The van der Waals surface area contributed by atoms with E-state index >= 15 is 0 Å². The number of fused-ring (bicyclic) bond motifs is 1. The Balaban J connectivity index is 3.02. The van der Waals surface area contributed by atoms with Crippen LogP contribution in [0.3, 0.4) is 0 Å². The molecule has 0 unspecified atom stereocenters. The van der Waals surface area contributed by atoms with Crippen LogP contribution in [0.2, 0.25) is 0 Å². The van der Waals surface area contributed by atoms with Gasteiger partial charge in [0.1, 0.15) is 11.3 Å². The molecule has 2 heterocycles. The molecule has 0 aromatic carbocycles. The Hall–Kier alpha value is -1.58. The topological polar surface area (TPSA) is 58.9 Å². The van der Waals surface area contributed by atoms with Gasteiger partial charge in [0.05, 0.1) is 6.26 Å². The zero-order valence-corrected chi connectivity index (χ0v) is 5.92. The van der Waals surface area contributed by atoms with E-state index in [2.05, 4.69) is 9.97 Å². The first-order chi connectivity index (χ1) is 5.27.